The number of nitrogens with zero attached hydrogens (tertiary/aromatic N) is 2. The van der Waals surface area contributed by atoms with Crippen LogP contribution in [0.3, 0.4) is 0 Å². The molecule has 1 aliphatic heterocycles. The molecule has 4 heteroatoms. The Balaban J connectivity index is 2.09. The Morgan fingerprint density at radius 3 is 2.71 bits per heavy atom. The van der Waals surface area contributed by atoms with Crippen molar-refractivity contribution in [1.82, 2.24) is 4.37 Å². The van der Waals surface area contributed by atoms with Gasteiger partial charge in [-0.1, -0.05) is 28.0 Å². The molecule has 3 rings (SSSR count). The molecule has 84 valence electrons. The molecule has 1 aliphatic carbocycles. The average Bonchev–Trinajstić information content (AvgIpc) is 2.79. The van der Waals surface area contributed by atoms with Crippen LogP contribution in [0.25, 0.3) is 10.6 Å². The van der Waals surface area contributed by atoms with Crippen LogP contribution in [0.5, 0.6) is 0 Å². The first kappa shape index (κ1) is 10.6. The largest absolute Gasteiger partial charge is 0.249 e. The minimum Gasteiger partial charge on any atom is -0.249 e. The van der Waals surface area contributed by atoms with Gasteiger partial charge in [-0.3, -0.25) is 0 Å². The van der Waals surface area contributed by atoms with Crippen LogP contribution in [-0.4, -0.2) is 4.37 Å². The van der Waals surface area contributed by atoms with Crippen molar-refractivity contribution in [3.63, 3.8) is 0 Å². The van der Waals surface area contributed by atoms with Crippen molar-refractivity contribution in [2.75, 3.05) is 0 Å². The van der Waals surface area contributed by atoms with Gasteiger partial charge in [-0.2, -0.15) is 4.37 Å². The zero-order chi connectivity index (χ0) is 11.7. The molecule has 0 fully saturated rings. The van der Waals surface area contributed by atoms with Gasteiger partial charge < -0.3 is 0 Å². The Kier molecular flexibility index (Phi) is 2.74. The SMILES string of the molecule is Cc1ccc(N=c2ccc3nssc-3c2)cc1. The third-order valence-corrected chi connectivity index (χ3v) is 4.34. The van der Waals surface area contributed by atoms with Crippen LogP contribution in [0.2, 0.25) is 0 Å². The standard InChI is InChI=1S/C13H10N2S2/c1-9-2-4-10(5-3-9)14-11-6-7-12-13(8-11)16-17-15-12/h2-8H,1H3. The monoisotopic (exact) mass is 258 g/mol. The smallest absolute Gasteiger partial charge is 0.0951 e. The molecule has 1 aromatic rings. The second-order valence-corrected chi connectivity index (χ2v) is 5.73. The zero-order valence-corrected chi connectivity index (χ0v) is 10.9. The van der Waals surface area contributed by atoms with Crippen LogP contribution < -0.4 is 5.36 Å². The first-order valence-corrected chi connectivity index (χ1v) is 7.39. The van der Waals surface area contributed by atoms with Crippen molar-refractivity contribution in [3.05, 3.63) is 53.4 Å². The molecular formula is C13H10N2S2. The lowest BCUT2D eigenvalue weighted by Gasteiger charge is -1.96. The topological polar surface area (TPSA) is 25.2 Å². The highest BCUT2D eigenvalue weighted by Gasteiger charge is 2.03. The molecule has 1 aromatic carbocycles. The second-order valence-electron chi connectivity index (χ2n) is 3.85. The fourth-order valence-electron chi connectivity index (χ4n) is 1.58. The van der Waals surface area contributed by atoms with Gasteiger partial charge in [0, 0.05) is 10.5 Å². The van der Waals surface area contributed by atoms with E-state index in [0.29, 0.717) is 0 Å². The van der Waals surface area contributed by atoms with Crippen LogP contribution in [0.4, 0.5) is 5.69 Å². The lowest BCUT2D eigenvalue weighted by atomic mass is 10.2. The maximum Gasteiger partial charge on any atom is 0.0951 e. The van der Waals surface area contributed by atoms with Crippen LogP contribution in [-0.2, 0) is 0 Å². The summed E-state index contributed by atoms with van der Waals surface area (Å²) in [6, 6.07) is 14.3. The van der Waals surface area contributed by atoms with Gasteiger partial charge in [0.1, 0.15) is 0 Å². The van der Waals surface area contributed by atoms with E-state index < -0.39 is 0 Å². The Bertz CT molecular complexity index is 664. The lowest BCUT2D eigenvalue weighted by Crippen LogP contribution is -1.99. The van der Waals surface area contributed by atoms with Crippen molar-refractivity contribution in [1.29, 1.82) is 0 Å². The first-order valence-electron chi connectivity index (χ1n) is 5.28. The maximum absolute atomic E-state index is 4.60. The van der Waals surface area contributed by atoms with E-state index in [1.165, 1.54) is 21.0 Å². The molecule has 17 heavy (non-hydrogen) atoms. The van der Waals surface area contributed by atoms with E-state index in [1.54, 1.807) is 10.3 Å². The van der Waals surface area contributed by atoms with Gasteiger partial charge in [0.15, 0.2) is 0 Å². The summed E-state index contributed by atoms with van der Waals surface area (Å²) in [6.45, 7) is 2.08. The highest BCUT2D eigenvalue weighted by atomic mass is 32.9. The average molecular weight is 258 g/mol. The summed E-state index contributed by atoms with van der Waals surface area (Å²) in [7, 11) is 3.20. The predicted molar refractivity (Wildman–Crippen MR) is 73.0 cm³/mol. The van der Waals surface area contributed by atoms with E-state index in [2.05, 4.69) is 34.5 Å². The fourth-order valence-corrected chi connectivity index (χ4v) is 3.36. The van der Waals surface area contributed by atoms with Gasteiger partial charge >= 0.3 is 0 Å². The van der Waals surface area contributed by atoms with E-state index in [4.69, 9.17) is 0 Å². The van der Waals surface area contributed by atoms with E-state index in [9.17, 15) is 0 Å². The van der Waals surface area contributed by atoms with E-state index >= 15 is 0 Å². The molecule has 2 nitrogen and oxygen atoms in total. The minimum absolute atomic E-state index is 0.984. The highest BCUT2D eigenvalue weighted by Crippen LogP contribution is 2.26. The van der Waals surface area contributed by atoms with Gasteiger partial charge in [0.25, 0.3) is 0 Å². The minimum atomic E-state index is 0.984. The molecule has 0 spiro atoms. The Morgan fingerprint density at radius 2 is 1.88 bits per heavy atom. The summed E-state index contributed by atoms with van der Waals surface area (Å²) in [4.78, 5) is 5.79. The van der Waals surface area contributed by atoms with Crippen molar-refractivity contribution in [2.24, 2.45) is 4.99 Å². The van der Waals surface area contributed by atoms with Crippen molar-refractivity contribution in [2.45, 2.75) is 6.92 Å². The fraction of sp³-hybridized carbons (Fsp3) is 0.0769. The first-order chi connectivity index (χ1) is 8.31. The number of hydrogen-bond acceptors (Lipinski definition) is 4. The summed E-state index contributed by atoms with van der Waals surface area (Å²) >= 11 is 0. The van der Waals surface area contributed by atoms with Crippen molar-refractivity contribution in [3.8, 4) is 10.6 Å². The van der Waals surface area contributed by atoms with E-state index in [0.717, 1.165) is 16.7 Å². The molecular weight excluding hydrogens is 248 g/mol. The van der Waals surface area contributed by atoms with Crippen LogP contribution in [0.15, 0.2) is 47.5 Å². The number of benzene rings is 2. The van der Waals surface area contributed by atoms with Crippen LogP contribution >= 0.6 is 20.9 Å². The summed E-state index contributed by atoms with van der Waals surface area (Å²) < 4.78 is 4.30. The van der Waals surface area contributed by atoms with Gasteiger partial charge in [-0.05, 0) is 37.3 Å². The molecule has 0 radical (unpaired) electrons. The quantitative estimate of drug-likeness (QED) is 0.609. The molecule has 2 aliphatic rings. The summed E-state index contributed by atoms with van der Waals surface area (Å²) in [5.74, 6) is 0. The Morgan fingerprint density at radius 1 is 1.06 bits per heavy atom. The molecule has 0 saturated carbocycles. The lowest BCUT2D eigenvalue weighted by molar-refractivity contribution is 1.32. The second kappa shape index (κ2) is 4.39. The number of aryl methyl sites for hydroxylation is 1. The van der Waals surface area contributed by atoms with Crippen LogP contribution in [0.1, 0.15) is 5.56 Å². The maximum atomic E-state index is 4.60. The molecule has 0 atom stereocenters. The highest BCUT2D eigenvalue weighted by molar-refractivity contribution is 7.68. The van der Waals surface area contributed by atoms with Gasteiger partial charge in [0.2, 0.25) is 0 Å². The van der Waals surface area contributed by atoms with Gasteiger partial charge in [-0.25, -0.2) is 4.99 Å². The van der Waals surface area contributed by atoms with E-state index in [1.807, 2.05) is 24.3 Å². The molecule has 0 amide bonds. The predicted octanol–water partition coefficient (Wildman–Crippen LogP) is 3.85. The summed E-state index contributed by atoms with van der Waals surface area (Å²) in [6.07, 6.45) is 0. The normalized spacial score (nSPS) is 12.2. The molecule has 1 heterocycles. The molecule has 0 unspecified atom stereocenters. The Hall–Kier alpha value is -1.52. The third-order valence-electron chi connectivity index (χ3n) is 2.50. The molecule has 0 N–H and O–H groups in total. The third kappa shape index (κ3) is 2.28. The van der Waals surface area contributed by atoms with Crippen molar-refractivity contribution < 1.29 is 0 Å². The van der Waals surface area contributed by atoms with Gasteiger partial charge in [0.05, 0.1) is 21.6 Å². The van der Waals surface area contributed by atoms with Crippen molar-refractivity contribution >= 4 is 26.6 Å². The summed E-state index contributed by atoms with van der Waals surface area (Å²) in [5, 5.41) is 0.984. The number of fused-ring (bicyclic) bond motifs is 1. The number of rotatable bonds is 1. The van der Waals surface area contributed by atoms with E-state index in [-0.39, 0.29) is 0 Å². The summed E-state index contributed by atoms with van der Waals surface area (Å²) in [5.41, 5.74) is 3.30. The molecule has 0 saturated heterocycles. The van der Waals surface area contributed by atoms with Crippen LogP contribution in [0, 0.1) is 6.92 Å². The number of aromatic nitrogens is 1. The van der Waals surface area contributed by atoms with Gasteiger partial charge in [-0.15, -0.1) is 0 Å². The Labute approximate surface area is 107 Å². The molecule has 0 bridgehead atoms. The number of hydrogen-bond donors (Lipinski definition) is 0. The molecule has 0 aromatic heterocycles. The zero-order valence-electron chi connectivity index (χ0n) is 9.25.